The van der Waals surface area contributed by atoms with E-state index >= 15 is 0 Å². The molecule has 2 aromatic heterocycles. The minimum absolute atomic E-state index is 0.00364. The topological polar surface area (TPSA) is 103 Å². The number of nitrogens with one attached hydrogen (secondary N) is 1. The molecule has 4 aromatic rings. The number of aryl methyl sites for hydroxylation is 1. The number of furan rings is 1. The van der Waals surface area contributed by atoms with Gasteiger partial charge in [0.25, 0.3) is 5.69 Å². The molecule has 4 rings (SSSR count). The van der Waals surface area contributed by atoms with Crippen molar-refractivity contribution in [3.05, 3.63) is 91.4 Å². The number of carbonyl (C=O) groups excluding carboxylic acids is 1. The quantitative estimate of drug-likeness (QED) is 0.225. The Labute approximate surface area is 192 Å². The zero-order valence-electron chi connectivity index (χ0n) is 16.9. The lowest BCUT2D eigenvalue weighted by atomic mass is 10.2. The largest absolute Gasteiger partial charge is 0.451 e. The average Bonchev–Trinajstić information content (AvgIpc) is 3.29. The van der Waals surface area contributed by atoms with Crippen molar-refractivity contribution in [1.82, 2.24) is 9.99 Å². The predicted octanol–water partition coefficient (Wildman–Crippen LogP) is 5.82. The first kappa shape index (κ1) is 21.6. The highest BCUT2D eigenvalue weighted by Crippen LogP contribution is 2.28. The summed E-state index contributed by atoms with van der Waals surface area (Å²) in [5.41, 5.74) is 6.07. The van der Waals surface area contributed by atoms with Gasteiger partial charge in [0.1, 0.15) is 5.58 Å². The van der Waals surface area contributed by atoms with E-state index in [-0.39, 0.29) is 11.4 Å². The summed E-state index contributed by atoms with van der Waals surface area (Å²) in [4.78, 5) is 22.8. The molecule has 0 atom stereocenters. The summed E-state index contributed by atoms with van der Waals surface area (Å²) in [6, 6.07) is 12.7. The predicted molar refractivity (Wildman–Crippen MR) is 123 cm³/mol. The number of halogens is 2. The van der Waals surface area contributed by atoms with Crippen LogP contribution in [0, 0.1) is 24.0 Å². The van der Waals surface area contributed by atoms with Gasteiger partial charge < -0.3 is 8.98 Å². The van der Waals surface area contributed by atoms with E-state index in [1.54, 1.807) is 12.1 Å². The van der Waals surface area contributed by atoms with Crippen molar-refractivity contribution in [3.8, 4) is 5.69 Å². The molecule has 0 saturated heterocycles. The first-order valence-corrected chi connectivity index (χ1v) is 10.2. The summed E-state index contributed by atoms with van der Waals surface area (Å²) >= 11 is 12.3. The van der Waals surface area contributed by atoms with Crippen LogP contribution in [0.15, 0.2) is 58.0 Å². The van der Waals surface area contributed by atoms with Gasteiger partial charge in [-0.05, 0) is 50.2 Å². The maximum atomic E-state index is 12.4. The number of hydrazone groups is 1. The van der Waals surface area contributed by atoms with E-state index in [0.29, 0.717) is 21.0 Å². The van der Waals surface area contributed by atoms with Crippen molar-refractivity contribution in [1.29, 1.82) is 0 Å². The SMILES string of the molecule is Cc1cc(/C=N\NC(=O)c2cc3cc([N+](=O)[O-])ccc3o2)c(C)n1-c1ccc(Cl)cc1Cl. The van der Waals surface area contributed by atoms with Gasteiger partial charge in [-0.15, -0.1) is 0 Å². The molecular weight excluding hydrogens is 455 g/mol. The van der Waals surface area contributed by atoms with Crippen LogP contribution in [0.5, 0.6) is 0 Å². The molecule has 0 spiro atoms. The van der Waals surface area contributed by atoms with Gasteiger partial charge in [-0.25, -0.2) is 5.43 Å². The fourth-order valence-corrected chi connectivity index (χ4v) is 3.92. The van der Waals surface area contributed by atoms with Gasteiger partial charge in [-0.1, -0.05) is 23.2 Å². The fourth-order valence-electron chi connectivity index (χ4n) is 3.42. The number of nitrogens with zero attached hydrogens (tertiary/aromatic N) is 3. The molecule has 0 aliphatic carbocycles. The number of non-ortho nitro benzene ring substituents is 1. The Morgan fingerprint density at radius 1 is 1.16 bits per heavy atom. The highest BCUT2D eigenvalue weighted by molar-refractivity contribution is 6.35. The second kappa shape index (κ2) is 8.49. The molecule has 2 aromatic carbocycles. The van der Waals surface area contributed by atoms with Crippen LogP contribution >= 0.6 is 23.2 Å². The number of hydrogen-bond acceptors (Lipinski definition) is 5. The van der Waals surface area contributed by atoms with Crippen molar-refractivity contribution in [3.63, 3.8) is 0 Å². The molecule has 0 bridgehead atoms. The monoisotopic (exact) mass is 470 g/mol. The number of nitro groups is 1. The minimum Gasteiger partial charge on any atom is -0.451 e. The van der Waals surface area contributed by atoms with Crippen molar-refractivity contribution >= 4 is 52.0 Å². The zero-order chi connectivity index (χ0) is 23.0. The van der Waals surface area contributed by atoms with E-state index in [4.69, 9.17) is 27.6 Å². The molecule has 0 aliphatic rings. The van der Waals surface area contributed by atoms with Gasteiger partial charge >= 0.3 is 5.91 Å². The lowest BCUT2D eigenvalue weighted by molar-refractivity contribution is -0.384. The van der Waals surface area contributed by atoms with E-state index in [0.717, 1.165) is 22.6 Å². The van der Waals surface area contributed by atoms with Crippen LogP contribution in [-0.4, -0.2) is 21.6 Å². The van der Waals surface area contributed by atoms with Crippen molar-refractivity contribution in [2.45, 2.75) is 13.8 Å². The Hall–Kier alpha value is -3.62. The molecule has 162 valence electrons. The molecule has 0 fully saturated rings. The molecule has 32 heavy (non-hydrogen) atoms. The highest BCUT2D eigenvalue weighted by atomic mass is 35.5. The first-order chi connectivity index (χ1) is 15.2. The van der Waals surface area contributed by atoms with Crippen LogP contribution in [0.1, 0.15) is 27.5 Å². The summed E-state index contributed by atoms with van der Waals surface area (Å²) in [6.07, 6.45) is 1.52. The number of hydrogen-bond donors (Lipinski definition) is 1. The molecule has 2 heterocycles. The number of fused-ring (bicyclic) bond motifs is 1. The average molecular weight is 471 g/mol. The smallest absolute Gasteiger partial charge is 0.307 e. The molecule has 0 saturated carbocycles. The standard InChI is InChI=1S/C22H16Cl2N4O4/c1-12-7-15(13(2)27(12)19-5-3-16(23)10-18(19)24)11-25-26-22(29)21-9-14-8-17(28(30)31)4-6-20(14)32-21/h3-11H,1-2H3,(H,26,29)/b25-11-. The third-order valence-electron chi connectivity index (χ3n) is 4.93. The minimum atomic E-state index is -0.574. The van der Waals surface area contributed by atoms with Gasteiger partial charge in [-0.3, -0.25) is 14.9 Å². The van der Waals surface area contributed by atoms with Gasteiger partial charge in [0.05, 0.1) is 21.8 Å². The summed E-state index contributed by atoms with van der Waals surface area (Å²) in [6.45, 7) is 3.84. The van der Waals surface area contributed by atoms with Crippen LogP contribution in [0.3, 0.4) is 0 Å². The molecule has 8 nitrogen and oxygen atoms in total. The molecule has 0 radical (unpaired) electrons. The van der Waals surface area contributed by atoms with E-state index in [1.165, 1.54) is 30.5 Å². The number of aromatic nitrogens is 1. The molecule has 10 heteroatoms. The Morgan fingerprint density at radius 3 is 2.66 bits per heavy atom. The van der Waals surface area contributed by atoms with Crippen LogP contribution in [0.2, 0.25) is 10.0 Å². The summed E-state index contributed by atoms with van der Waals surface area (Å²) < 4.78 is 7.42. The maximum absolute atomic E-state index is 12.4. The molecule has 1 N–H and O–H groups in total. The Balaban J connectivity index is 1.54. The Morgan fingerprint density at radius 2 is 1.94 bits per heavy atom. The van der Waals surface area contributed by atoms with Gasteiger partial charge in [0, 0.05) is 39.5 Å². The van der Waals surface area contributed by atoms with Crippen molar-refractivity contribution in [2.24, 2.45) is 5.10 Å². The molecule has 1 amide bonds. The van der Waals surface area contributed by atoms with Crippen LogP contribution in [0.4, 0.5) is 5.69 Å². The first-order valence-electron chi connectivity index (χ1n) is 9.40. The number of carbonyl (C=O) groups is 1. The second-order valence-electron chi connectivity index (χ2n) is 7.05. The maximum Gasteiger partial charge on any atom is 0.307 e. The number of benzene rings is 2. The van der Waals surface area contributed by atoms with Crippen LogP contribution in [0.25, 0.3) is 16.7 Å². The summed E-state index contributed by atoms with van der Waals surface area (Å²) in [5, 5.41) is 16.4. The summed E-state index contributed by atoms with van der Waals surface area (Å²) in [5.74, 6) is -0.578. The molecular formula is C22H16Cl2N4O4. The summed E-state index contributed by atoms with van der Waals surface area (Å²) in [7, 11) is 0. The number of amides is 1. The Bertz CT molecular complexity index is 1400. The normalized spacial score (nSPS) is 11.4. The third-order valence-corrected chi connectivity index (χ3v) is 5.46. The molecule has 0 unspecified atom stereocenters. The van der Waals surface area contributed by atoms with Crippen molar-refractivity contribution in [2.75, 3.05) is 0 Å². The van der Waals surface area contributed by atoms with E-state index < -0.39 is 10.8 Å². The van der Waals surface area contributed by atoms with E-state index in [9.17, 15) is 14.9 Å². The van der Waals surface area contributed by atoms with Gasteiger partial charge in [0.2, 0.25) is 0 Å². The number of nitro benzene ring substituents is 1. The fraction of sp³-hybridized carbons (Fsp3) is 0.0909. The van der Waals surface area contributed by atoms with E-state index in [2.05, 4.69) is 10.5 Å². The lowest BCUT2D eigenvalue weighted by Gasteiger charge is -2.11. The number of rotatable bonds is 5. The Kier molecular flexibility index (Phi) is 5.73. The van der Waals surface area contributed by atoms with Gasteiger partial charge in [0.15, 0.2) is 5.76 Å². The van der Waals surface area contributed by atoms with E-state index in [1.807, 2.05) is 30.5 Å². The highest BCUT2D eigenvalue weighted by Gasteiger charge is 2.15. The second-order valence-corrected chi connectivity index (χ2v) is 7.89. The zero-order valence-corrected chi connectivity index (χ0v) is 18.4. The van der Waals surface area contributed by atoms with Crippen LogP contribution in [-0.2, 0) is 0 Å². The van der Waals surface area contributed by atoms with Crippen LogP contribution < -0.4 is 5.43 Å². The molecule has 0 aliphatic heterocycles. The van der Waals surface area contributed by atoms with Gasteiger partial charge in [-0.2, -0.15) is 5.10 Å². The third kappa shape index (κ3) is 4.10. The lowest BCUT2D eigenvalue weighted by Crippen LogP contribution is -2.16. The van der Waals surface area contributed by atoms with Crippen molar-refractivity contribution < 1.29 is 14.1 Å².